The molecule has 156 valence electrons. The number of likely N-dealkylation sites (tertiary alicyclic amines) is 1. The van der Waals surface area contributed by atoms with Gasteiger partial charge in [-0.1, -0.05) is 26.3 Å². The summed E-state index contributed by atoms with van der Waals surface area (Å²) in [6, 6.07) is 6.51. The number of methoxy groups -OCH3 is 2. The van der Waals surface area contributed by atoms with Crippen LogP contribution in [-0.2, 0) is 11.2 Å². The van der Waals surface area contributed by atoms with Crippen LogP contribution in [0.25, 0.3) is 0 Å². The third-order valence-electron chi connectivity index (χ3n) is 5.50. The zero-order chi connectivity index (χ0) is 17.6. The van der Waals surface area contributed by atoms with Gasteiger partial charge in [-0.25, -0.2) is 0 Å². The van der Waals surface area contributed by atoms with Gasteiger partial charge in [0.15, 0.2) is 11.5 Å². The summed E-state index contributed by atoms with van der Waals surface area (Å²) in [5.41, 5.74) is 1.20. The van der Waals surface area contributed by atoms with E-state index in [9.17, 15) is 5.11 Å². The minimum atomic E-state index is -0.158. The van der Waals surface area contributed by atoms with Crippen molar-refractivity contribution in [1.82, 2.24) is 4.90 Å². The van der Waals surface area contributed by atoms with E-state index < -0.39 is 0 Å². The monoisotopic (exact) mass is 401 g/mol. The minimum Gasteiger partial charge on any atom is -0.493 e. The molecule has 0 aromatic heterocycles. The lowest BCUT2D eigenvalue weighted by molar-refractivity contribution is -0.0316. The molecule has 2 aliphatic rings. The summed E-state index contributed by atoms with van der Waals surface area (Å²) in [5.74, 6) is 1.52. The quantitative estimate of drug-likeness (QED) is 0.754. The predicted molar refractivity (Wildman–Crippen MR) is 111 cm³/mol. The van der Waals surface area contributed by atoms with Gasteiger partial charge in [0.1, 0.15) is 0 Å². The Morgan fingerprint density at radius 3 is 2.48 bits per heavy atom. The van der Waals surface area contributed by atoms with Crippen molar-refractivity contribution in [1.29, 1.82) is 0 Å². The zero-order valence-electron chi connectivity index (χ0n) is 15.9. The molecule has 2 fully saturated rings. The van der Waals surface area contributed by atoms with Crippen LogP contribution in [0.5, 0.6) is 11.5 Å². The lowest BCUT2D eigenvalue weighted by Gasteiger charge is -2.37. The van der Waals surface area contributed by atoms with Crippen LogP contribution in [0.4, 0.5) is 0 Å². The Kier molecular flexibility index (Phi) is 10.5. The van der Waals surface area contributed by atoms with Gasteiger partial charge in [-0.3, -0.25) is 4.90 Å². The number of benzene rings is 1. The second kappa shape index (κ2) is 11.7. The summed E-state index contributed by atoms with van der Waals surface area (Å²) in [5, 5.41) is 9.83. The topological polar surface area (TPSA) is 51.2 Å². The van der Waals surface area contributed by atoms with Gasteiger partial charge in [0.25, 0.3) is 0 Å². The van der Waals surface area contributed by atoms with Crippen LogP contribution >= 0.6 is 12.4 Å². The molecule has 1 aromatic rings. The second-order valence-corrected chi connectivity index (χ2v) is 7.14. The number of hydrogen-bond acceptors (Lipinski definition) is 5. The van der Waals surface area contributed by atoms with E-state index in [1.54, 1.807) is 14.2 Å². The zero-order valence-corrected chi connectivity index (χ0v) is 16.7. The fourth-order valence-electron chi connectivity index (χ4n) is 4.12. The van der Waals surface area contributed by atoms with Crippen molar-refractivity contribution in [2.75, 3.05) is 33.9 Å². The smallest absolute Gasteiger partial charge is 0.160 e. The largest absolute Gasteiger partial charge is 0.493 e. The molecule has 1 N–H and O–H groups in total. The van der Waals surface area contributed by atoms with E-state index in [2.05, 4.69) is 11.0 Å². The van der Waals surface area contributed by atoms with Gasteiger partial charge in [-0.15, -0.1) is 12.4 Å². The van der Waals surface area contributed by atoms with Crippen molar-refractivity contribution in [3.63, 3.8) is 0 Å². The van der Waals surface area contributed by atoms with Crippen LogP contribution in [-0.4, -0.2) is 62.2 Å². The van der Waals surface area contributed by atoms with Crippen molar-refractivity contribution in [3.8, 4) is 11.5 Å². The Morgan fingerprint density at radius 1 is 1.07 bits per heavy atom. The summed E-state index contributed by atoms with van der Waals surface area (Å²) in [6.07, 6.45) is 6.73. The predicted octanol–water partition coefficient (Wildman–Crippen LogP) is 3.70. The summed E-state index contributed by atoms with van der Waals surface area (Å²) in [7, 11) is 3.31. The van der Waals surface area contributed by atoms with Crippen LogP contribution in [0.1, 0.15) is 45.1 Å². The molecule has 1 saturated heterocycles. The fourth-order valence-corrected chi connectivity index (χ4v) is 4.12. The Balaban J connectivity index is 0.00000182. The molecule has 1 heterocycles. The average Bonchev–Trinajstić information content (AvgIpc) is 3.08. The summed E-state index contributed by atoms with van der Waals surface area (Å²) in [4.78, 5) is 2.44. The van der Waals surface area contributed by atoms with Gasteiger partial charge >= 0.3 is 0 Å². The molecule has 0 amide bonds. The van der Waals surface area contributed by atoms with Crippen molar-refractivity contribution >= 4 is 12.4 Å². The normalized spacial score (nSPS) is 25.4. The maximum Gasteiger partial charge on any atom is 0.160 e. The lowest BCUT2D eigenvalue weighted by Crippen LogP contribution is -2.46. The molecule has 1 aliphatic heterocycles. The van der Waals surface area contributed by atoms with Crippen LogP contribution in [0.15, 0.2) is 18.2 Å². The Hall–Kier alpha value is -1.01. The molecule has 3 atom stereocenters. The van der Waals surface area contributed by atoms with E-state index >= 15 is 0 Å². The molecule has 1 aliphatic carbocycles. The number of nitrogens with zero attached hydrogens (tertiary/aromatic N) is 1. The first-order valence-electron chi connectivity index (χ1n) is 9.46. The second-order valence-electron chi connectivity index (χ2n) is 7.14. The maximum absolute atomic E-state index is 9.83. The number of rotatable bonds is 7. The molecule has 5 nitrogen and oxygen atoms in total. The molecular weight excluding hydrogens is 366 g/mol. The van der Waals surface area contributed by atoms with Crippen LogP contribution in [0, 0.1) is 0 Å². The van der Waals surface area contributed by atoms with Crippen molar-refractivity contribution in [3.05, 3.63) is 23.8 Å². The van der Waals surface area contributed by atoms with E-state index in [0.29, 0.717) is 18.8 Å². The molecule has 3 rings (SSSR count). The van der Waals surface area contributed by atoms with Crippen LogP contribution in [0.3, 0.4) is 0 Å². The van der Waals surface area contributed by atoms with Gasteiger partial charge < -0.3 is 19.3 Å². The standard InChI is InChI=1S/C20H31NO4.CH4.ClH/c1-23-19-8-7-15(13-20(19)24-2)10-12-25-18-6-4-3-5-17(18)21-11-9-16(22)14-21;;/h7-8,13,16-18,22H,3-6,9-12,14H2,1-2H3;1H4;1H/t16-,17+,18+;;/m0../s1. The molecule has 0 radical (unpaired) electrons. The van der Waals surface area contributed by atoms with Crippen molar-refractivity contribution in [2.45, 2.75) is 64.2 Å². The fraction of sp³-hybridized carbons (Fsp3) is 0.714. The molecular formula is C21H36ClNO4. The van der Waals surface area contributed by atoms with E-state index in [1.807, 2.05) is 12.1 Å². The van der Waals surface area contributed by atoms with E-state index in [1.165, 1.54) is 24.8 Å². The molecule has 1 saturated carbocycles. The van der Waals surface area contributed by atoms with E-state index in [4.69, 9.17) is 14.2 Å². The van der Waals surface area contributed by atoms with Gasteiger partial charge in [0, 0.05) is 19.1 Å². The van der Waals surface area contributed by atoms with Gasteiger partial charge in [-0.05, 0) is 43.4 Å². The highest BCUT2D eigenvalue weighted by molar-refractivity contribution is 5.85. The lowest BCUT2D eigenvalue weighted by atomic mass is 9.91. The third kappa shape index (κ3) is 6.24. The van der Waals surface area contributed by atoms with Gasteiger partial charge in [0.2, 0.25) is 0 Å². The molecule has 27 heavy (non-hydrogen) atoms. The molecule has 6 heteroatoms. The number of β-amino-alcohol motifs (C(OH)–C–C–N with tert-alkyl or cyclic N) is 1. The van der Waals surface area contributed by atoms with Crippen LogP contribution in [0.2, 0.25) is 0 Å². The molecule has 0 bridgehead atoms. The molecule has 0 spiro atoms. The van der Waals surface area contributed by atoms with Gasteiger partial charge in [-0.2, -0.15) is 0 Å². The first-order valence-corrected chi connectivity index (χ1v) is 9.46. The molecule has 0 unspecified atom stereocenters. The SMILES string of the molecule is C.COc1ccc(CCO[C@@H]2CCCC[C@H]2N2CC[C@H](O)C2)cc1OC.Cl. The van der Waals surface area contributed by atoms with Crippen LogP contribution < -0.4 is 9.47 Å². The first kappa shape index (κ1) is 24.0. The number of aliphatic hydroxyl groups excluding tert-OH is 1. The van der Waals surface area contributed by atoms with Crippen molar-refractivity contribution < 1.29 is 19.3 Å². The maximum atomic E-state index is 9.83. The number of ether oxygens (including phenoxy) is 3. The van der Waals surface area contributed by atoms with E-state index in [0.717, 1.165) is 43.9 Å². The third-order valence-corrected chi connectivity index (χ3v) is 5.50. The Morgan fingerprint density at radius 2 is 1.81 bits per heavy atom. The highest BCUT2D eigenvalue weighted by Crippen LogP contribution is 2.30. The highest BCUT2D eigenvalue weighted by atomic mass is 35.5. The average molecular weight is 402 g/mol. The summed E-state index contributed by atoms with van der Waals surface area (Å²) < 4.78 is 16.9. The number of halogens is 1. The van der Waals surface area contributed by atoms with Gasteiger partial charge in [0.05, 0.1) is 33.0 Å². The highest BCUT2D eigenvalue weighted by Gasteiger charge is 2.34. The summed E-state index contributed by atoms with van der Waals surface area (Å²) in [6.45, 7) is 2.52. The minimum absolute atomic E-state index is 0. The Bertz CT molecular complexity index is 557. The Labute approximate surface area is 170 Å². The van der Waals surface area contributed by atoms with Crippen molar-refractivity contribution in [2.24, 2.45) is 0 Å². The number of hydrogen-bond donors (Lipinski definition) is 1. The van der Waals surface area contributed by atoms with E-state index in [-0.39, 0.29) is 25.9 Å². The first-order chi connectivity index (χ1) is 12.2. The summed E-state index contributed by atoms with van der Waals surface area (Å²) >= 11 is 0. The molecule has 1 aromatic carbocycles. The number of aliphatic hydroxyl groups is 1.